The van der Waals surface area contributed by atoms with Crippen molar-refractivity contribution >= 4 is 11.8 Å². The average molecular weight is 302 g/mol. The van der Waals surface area contributed by atoms with Gasteiger partial charge in [0, 0.05) is 54.4 Å². The van der Waals surface area contributed by atoms with E-state index in [0.717, 1.165) is 37.7 Å². The smallest absolute Gasteiger partial charge is 0.213 e. The van der Waals surface area contributed by atoms with Gasteiger partial charge in [-0.25, -0.2) is 4.98 Å². The first-order valence-electron chi connectivity index (χ1n) is 7.26. The van der Waals surface area contributed by atoms with Crippen LogP contribution in [0.5, 0.6) is 5.88 Å². The maximum atomic E-state index is 5.98. The number of hydrogen-bond acceptors (Lipinski definition) is 5. The van der Waals surface area contributed by atoms with Crippen LogP contribution >= 0.6 is 11.8 Å². The van der Waals surface area contributed by atoms with E-state index >= 15 is 0 Å². The minimum absolute atomic E-state index is 0.293. The Bertz CT molecular complexity index is 582. The van der Waals surface area contributed by atoms with Crippen LogP contribution in [-0.2, 0) is 6.54 Å². The van der Waals surface area contributed by atoms with Crippen molar-refractivity contribution in [1.29, 1.82) is 0 Å². The van der Waals surface area contributed by atoms with Crippen LogP contribution in [-0.4, -0.2) is 39.6 Å². The molecule has 0 aliphatic carbocycles. The fraction of sp³-hybridized carbons (Fsp3) is 0.438. The molecule has 110 valence electrons. The molecule has 2 fully saturated rings. The molecule has 21 heavy (non-hydrogen) atoms. The van der Waals surface area contributed by atoms with E-state index < -0.39 is 0 Å². The van der Waals surface area contributed by atoms with E-state index in [4.69, 9.17) is 9.15 Å². The maximum absolute atomic E-state index is 5.98. The van der Waals surface area contributed by atoms with Crippen LogP contribution in [0.4, 0.5) is 0 Å². The Kier molecular flexibility index (Phi) is 3.39. The van der Waals surface area contributed by atoms with Gasteiger partial charge in [-0.2, -0.15) is 0 Å². The molecule has 2 aromatic rings. The number of ether oxygens (including phenoxy) is 1. The average Bonchev–Trinajstić information content (AvgIpc) is 3.10. The van der Waals surface area contributed by atoms with E-state index in [1.807, 2.05) is 30.5 Å². The minimum Gasteiger partial charge on any atom is -0.473 e. The topological polar surface area (TPSA) is 38.5 Å². The third-order valence-electron chi connectivity index (χ3n) is 4.11. The Balaban J connectivity index is 1.29. The molecule has 4 rings (SSSR count). The van der Waals surface area contributed by atoms with Crippen molar-refractivity contribution in [1.82, 2.24) is 9.88 Å². The first-order valence-corrected chi connectivity index (χ1v) is 8.25. The van der Waals surface area contributed by atoms with Crippen LogP contribution in [0.2, 0.25) is 0 Å². The molecule has 1 atom stereocenters. The molecule has 2 aliphatic rings. The molecule has 0 bridgehead atoms. The van der Waals surface area contributed by atoms with Crippen LogP contribution in [0.15, 0.2) is 47.4 Å². The molecule has 0 N–H and O–H groups in total. The van der Waals surface area contributed by atoms with Crippen LogP contribution in [0.1, 0.15) is 12.0 Å². The first kappa shape index (κ1) is 13.2. The molecular formula is C16H18N2O2S. The van der Waals surface area contributed by atoms with E-state index in [9.17, 15) is 0 Å². The summed E-state index contributed by atoms with van der Waals surface area (Å²) in [5, 5.41) is 0. The molecule has 0 unspecified atom stereocenters. The number of hydrogen-bond donors (Lipinski definition) is 0. The number of thioether (sulfide) groups is 1. The fourth-order valence-electron chi connectivity index (χ4n) is 3.21. The maximum Gasteiger partial charge on any atom is 0.213 e. The molecule has 2 aromatic heterocycles. The quantitative estimate of drug-likeness (QED) is 0.868. The lowest BCUT2D eigenvalue weighted by atomic mass is 9.92. The first-order chi connectivity index (χ1) is 10.3. The van der Waals surface area contributed by atoms with Crippen molar-refractivity contribution in [2.45, 2.75) is 23.8 Å². The van der Waals surface area contributed by atoms with Gasteiger partial charge in [-0.05, 0) is 12.1 Å². The monoisotopic (exact) mass is 302 g/mol. The van der Waals surface area contributed by atoms with Gasteiger partial charge >= 0.3 is 0 Å². The second-order valence-electron chi connectivity index (χ2n) is 5.88. The second-order valence-corrected chi connectivity index (χ2v) is 7.37. The second kappa shape index (κ2) is 5.39. The van der Waals surface area contributed by atoms with Gasteiger partial charge in [-0.3, -0.25) is 4.90 Å². The van der Waals surface area contributed by atoms with Crippen LogP contribution in [0.25, 0.3) is 0 Å². The van der Waals surface area contributed by atoms with E-state index in [-0.39, 0.29) is 0 Å². The Morgan fingerprint density at radius 2 is 2.33 bits per heavy atom. The Morgan fingerprint density at radius 3 is 3.10 bits per heavy atom. The van der Waals surface area contributed by atoms with Crippen molar-refractivity contribution in [3.05, 3.63) is 48.6 Å². The number of furan rings is 1. The summed E-state index contributed by atoms with van der Waals surface area (Å²) >= 11 is 2.06. The summed E-state index contributed by atoms with van der Waals surface area (Å²) in [6.07, 6.45) is 6.77. The number of nitrogens with zero attached hydrogens (tertiary/aromatic N) is 2. The summed E-state index contributed by atoms with van der Waals surface area (Å²) in [5.41, 5.74) is 1.26. The SMILES string of the molecule is c1ccc(O[C@@H]2CSC3(C2)CN(Cc2ccoc2)C3)nc1. The van der Waals surface area contributed by atoms with Gasteiger partial charge in [0.1, 0.15) is 6.10 Å². The van der Waals surface area contributed by atoms with Gasteiger partial charge in [0.15, 0.2) is 0 Å². The minimum atomic E-state index is 0.293. The van der Waals surface area contributed by atoms with Gasteiger partial charge in [-0.1, -0.05) is 6.07 Å². The third kappa shape index (κ3) is 2.80. The number of aromatic nitrogens is 1. The van der Waals surface area contributed by atoms with Gasteiger partial charge < -0.3 is 9.15 Å². The fourth-order valence-corrected chi connectivity index (χ4v) is 4.78. The summed E-state index contributed by atoms with van der Waals surface area (Å²) in [5.74, 6) is 1.81. The van der Waals surface area contributed by atoms with Gasteiger partial charge in [0.2, 0.25) is 5.88 Å². The lowest BCUT2D eigenvalue weighted by molar-refractivity contribution is 0.0907. The zero-order chi connectivity index (χ0) is 14.1. The summed E-state index contributed by atoms with van der Waals surface area (Å²) < 4.78 is 11.5. The molecule has 5 heteroatoms. The zero-order valence-corrected chi connectivity index (χ0v) is 12.6. The van der Waals surface area contributed by atoms with Crippen LogP contribution < -0.4 is 4.74 Å². The van der Waals surface area contributed by atoms with E-state index in [2.05, 4.69) is 21.6 Å². The highest BCUT2D eigenvalue weighted by molar-refractivity contribution is 8.01. The number of rotatable bonds is 4. The predicted octanol–water partition coefficient (Wildman–Crippen LogP) is 2.81. The summed E-state index contributed by atoms with van der Waals surface area (Å²) in [6.45, 7) is 3.28. The van der Waals surface area contributed by atoms with Crippen molar-refractivity contribution < 1.29 is 9.15 Å². The molecule has 2 aliphatic heterocycles. The highest BCUT2D eigenvalue weighted by Crippen LogP contribution is 2.46. The molecule has 0 aromatic carbocycles. The molecule has 4 heterocycles. The summed E-state index contributed by atoms with van der Waals surface area (Å²) in [4.78, 5) is 6.72. The molecule has 1 spiro atoms. The van der Waals surface area contributed by atoms with Crippen molar-refractivity contribution in [3.63, 3.8) is 0 Å². The molecule has 2 saturated heterocycles. The van der Waals surface area contributed by atoms with E-state index in [1.165, 1.54) is 5.56 Å². The molecular weight excluding hydrogens is 284 g/mol. The predicted molar refractivity (Wildman–Crippen MR) is 82.4 cm³/mol. The highest BCUT2D eigenvalue weighted by Gasteiger charge is 2.49. The Hall–Kier alpha value is -1.46. The standard InChI is InChI=1S/C16H18N2O2S/c1-2-5-17-15(3-1)20-14-7-16(21-10-14)11-18(12-16)8-13-4-6-19-9-13/h1-6,9,14H,7-8,10-12H2/t14-/m0/s1. The Labute approximate surface area is 128 Å². The number of likely N-dealkylation sites (tertiary alicyclic amines) is 1. The van der Waals surface area contributed by atoms with Crippen molar-refractivity contribution in [2.24, 2.45) is 0 Å². The lowest BCUT2D eigenvalue weighted by Gasteiger charge is -2.47. The zero-order valence-electron chi connectivity index (χ0n) is 11.8. The van der Waals surface area contributed by atoms with Gasteiger partial charge in [-0.15, -0.1) is 11.8 Å². The molecule has 4 nitrogen and oxygen atoms in total. The third-order valence-corrected chi connectivity index (χ3v) is 5.69. The lowest BCUT2D eigenvalue weighted by Crippen LogP contribution is -2.58. The van der Waals surface area contributed by atoms with Gasteiger partial charge in [0.05, 0.1) is 12.5 Å². The Morgan fingerprint density at radius 1 is 1.38 bits per heavy atom. The molecule has 0 radical (unpaired) electrons. The summed E-state index contributed by atoms with van der Waals surface area (Å²) in [7, 11) is 0. The van der Waals surface area contributed by atoms with Crippen molar-refractivity contribution in [2.75, 3.05) is 18.8 Å². The molecule has 0 saturated carbocycles. The summed E-state index contributed by atoms with van der Waals surface area (Å²) in [6, 6.07) is 7.86. The normalized spacial score (nSPS) is 24.1. The largest absolute Gasteiger partial charge is 0.473 e. The van der Waals surface area contributed by atoms with Crippen molar-refractivity contribution in [3.8, 4) is 5.88 Å². The van der Waals surface area contributed by atoms with Crippen LogP contribution in [0.3, 0.4) is 0 Å². The van der Waals surface area contributed by atoms with Gasteiger partial charge in [0.25, 0.3) is 0 Å². The highest BCUT2D eigenvalue weighted by atomic mass is 32.2. The number of pyridine rings is 1. The van der Waals surface area contributed by atoms with Crippen LogP contribution in [0, 0.1) is 0 Å². The van der Waals surface area contributed by atoms with E-state index in [1.54, 1.807) is 12.5 Å². The van der Waals surface area contributed by atoms with E-state index in [0.29, 0.717) is 10.9 Å². The molecule has 0 amide bonds.